The number of anilines is 1. The number of hydrazone groups is 1. The van der Waals surface area contributed by atoms with Gasteiger partial charge in [0.1, 0.15) is 0 Å². The molecule has 1 aromatic carbocycles. The highest BCUT2D eigenvalue weighted by Gasteiger charge is 2.25. The van der Waals surface area contributed by atoms with Crippen LogP contribution in [-0.4, -0.2) is 60.3 Å². The largest absolute Gasteiger partial charge is 0.378 e. The topological polar surface area (TPSA) is 183 Å². The summed E-state index contributed by atoms with van der Waals surface area (Å²) in [5, 5.41) is 30.0. The van der Waals surface area contributed by atoms with Crippen molar-refractivity contribution in [3.8, 4) is 5.82 Å². The predicted molar refractivity (Wildman–Crippen MR) is 108 cm³/mol. The zero-order chi connectivity index (χ0) is 22.4. The summed E-state index contributed by atoms with van der Waals surface area (Å²) in [6, 6.07) is 6.01. The van der Waals surface area contributed by atoms with Crippen LogP contribution in [0.2, 0.25) is 0 Å². The van der Waals surface area contributed by atoms with Crippen LogP contribution < -0.4 is 11.2 Å². The molecule has 0 bridgehead atoms. The fraction of sp³-hybridized carbons (Fsp3) is 0.294. The number of amides is 1. The molecule has 0 saturated heterocycles. The highest BCUT2D eigenvalue weighted by molar-refractivity contribution is 5.94. The van der Waals surface area contributed by atoms with Gasteiger partial charge in [-0.1, -0.05) is 31.2 Å². The van der Waals surface area contributed by atoms with Crippen molar-refractivity contribution < 1.29 is 14.3 Å². The molecule has 3 aromatic rings. The summed E-state index contributed by atoms with van der Waals surface area (Å²) in [6.45, 7) is 5.69. The molecule has 31 heavy (non-hydrogen) atoms. The van der Waals surface area contributed by atoms with Crippen LogP contribution in [0.25, 0.3) is 5.82 Å². The zero-order valence-electron chi connectivity index (χ0n) is 16.8. The summed E-state index contributed by atoms with van der Waals surface area (Å²) >= 11 is 0. The number of aromatic nitrogens is 5. The molecule has 0 radical (unpaired) electrons. The van der Waals surface area contributed by atoms with E-state index in [-0.39, 0.29) is 28.6 Å². The van der Waals surface area contributed by atoms with E-state index >= 15 is 0 Å². The monoisotopic (exact) mass is 428 g/mol. The molecule has 0 aliphatic carbocycles. The van der Waals surface area contributed by atoms with Gasteiger partial charge in [0.2, 0.25) is 11.6 Å². The summed E-state index contributed by atoms with van der Waals surface area (Å²) in [5.74, 6) is -0.553. The van der Waals surface area contributed by atoms with Gasteiger partial charge in [0.15, 0.2) is 5.69 Å². The fourth-order valence-corrected chi connectivity index (χ4v) is 2.76. The number of para-hydroxylation sites is 1. The number of carbonyl (C=O) groups is 1. The van der Waals surface area contributed by atoms with Gasteiger partial charge in [0, 0.05) is 12.6 Å². The number of carbonyl (C=O) groups excluding carboxylic acids is 1. The Bertz CT molecular complexity index is 1100. The lowest BCUT2D eigenvalue weighted by Crippen LogP contribution is -2.27. The van der Waals surface area contributed by atoms with Gasteiger partial charge in [0.05, 0.1) is 22.4 Å². The number of nitrogen functional groups attached to an aromatic ring is 1. The average molecular weight is 428 g/mol. The lowest BCUT2D eigenvalue weighted by atomic mass is 10.2. The second-order valence-corrected chi connectivity index (χ2v) is 6.25. The second-order valence-electron chi connectivity index (χ2n) is 6.25. The Labute approximate surface area is 175 Å². The minimum absolute atomic E-state index is 0.00555. The maximum absolute atomic E-state index is 12.7. The zero-order valence-corrected chi connectivity index (χ0v) is 16.8. The van der Waals surface area contributed by atoms with E-state index in [9.17, 15) is 14.9 Å². The number of rotatable bonds is 9. The summed E-state index contributed by atoms with van der Waals surface area (Å²) in [5.41, 5.74) is 8.58. The molecule has 0 fully saturated rings. The molecule has 0 saturated carbocycles. The van der Waals surface area contributed by atoms with Gasteiger partial charge in [-0.3, -0.25) is 19.8 Å². The van der Waals surface area contributed by atoms with Crippen LogP contribution in [0.15, 0.2) is 34.0 Å². The maximum Gasteiger partial charge on any atom is 0.293 e. The van der Waals surface area contributed by atoms with Gasteiger partial charge in [-0.2, -0.15) is 9.78 Å². The van der Waals surface area contributed by atoms with Gasteiger partial charge in [0.25, 0.3) is 11.6 Å². The van der Waals surface area contributed by atoms with Crippen molar-refractivity contribution in [1.29, 1.82) is 0 Å². The van der Waals surface area contributed by atoms with Crippen molar-refractivity contribution in [1.82, 2.24) is 35.6 Å². The lowest BCUT2D eigenvalue weighted by molar-refractivity contribution is -0.385. The maximum atomic E-state index is 12.7. The fourth-order valence-electron chi connectivity index (χ4n) is 2.76. The smallest absolute Gasteiger partial charge is 0.293 e. The average Bonchev–Trinajstić information content (AvgIpc) is 3.37. The van der Waals surface area contributed by atoms with E-state index in [4.69, 9.17) is 5.73 Å². The molecule has 14 heteroatoms. The van der Waals surface area contributed by atoms with Crippen molar-refractivity contribution in [3.63, 3.8) is 0 Å². The van der Waals surface area contributed by atoms with Crippen molar-refractivity contribution in [2.45, 2.75) is 20.4 Å². The van der Waals surface area contributed by atoms with E-state index in [0.717, 1.165) is 0 Å². The third kappa shape index (κ3) is 4.69. The van der Waals surface area contributed by atoms with Crippen LogP contribution in [-0.2, 0) is 6.54 Å². The Balaban J connectivity index is 1.88. The van der Waals surface area contributed by atoms with Crippen molar-refractivity contribution in [2.24, 2.45) is 5.10 Å². The predicted octanol–water partition coefficient (Wildman–Crippen LogP) is 0.746. The minimum Gasteiger partial charge on any atom is -0.378 e. The summed E-state index contributed by atoms with van der Waals surface area (Å²) < 4.78 is 5.90. The van der Waals surface area contributed by atoms with Crippen molar-refractivity contribution >= 4 is 23.6 Å². The first kappa shape index (κ1) is 21.5. The number of hydrogen-bond donors (Lipinski definition) is 2. The summed E-state index contributed by atoms with van der Waals surface area (Å²) in [4.78, 5) is 25.3. The van der Waals surface area contributed by atoms with E-state index < -0.39 is 10.8 Å². The summed E-state index contributed by atoms with van der Waals surface area (Å²) in [6.07, 6.45) is 1.18. The van der Waals surface area contributed by atoms with Crippen molar-refractivity contribution in [2.75, 3.05) is 18.8 Å². The van der Waals surface area contributed by atoms with Crippen LogP contribution in [0.1, 0.15) is 35.6 Å². The van der Waals surface area contributed by atoms with Gasteiger partial charge in [-0.15, -0.1) is 5.10 Å². The van der Waals surface area contributed by atoms with Crippen LogP contribution in [0, 0.1) is 10.1 Å². The molecule has 1 amide bonds. The Morgan fingerprint density at radius 1 is 1.35 bits per heavy atom. The number of nitrogens with one attached hydrogen (secondary N) is 1. The Morgan fingerprint density at radius 3 is 2.74 bits per heavy atom. The first-order chi connectivity index (χ1) is 15.0. The number of nitro benzene ring substituents is 1. The molecule has 0 unspecified atom stereocenters. The molecule has 0 aliphatic rings. The van der Waals surface area contributed by atoms with Crippen LogP contribution >= 0.6 is 0 Å². The molecule has 3 rings (SSSR count). The molecule has 3 N–H and O–H groups in total. The molecular weight excluding hydrogens is 408 g/mol. The number of hydrogen-bond acceptors (Lipinski definition) is 11. The molecule has 0 aliphatic heterocycles. The Hall–Kier alpha value is -4.20. The number of benzene rings is 1. The van der Waals surface area contributed by atoms with Crippen LogP contribution in [0.3, 0.4) is 0 Å². The highest BCUT2D eigenvalue weighted by atomic mass is 16.6. The lowest BCUT2D eigenvalue weighted by Gasteiger charge is -2.18. The van der Waals surface area contributed by atoms with Crippen LogP contribution in [0.4, 0.5) is 11.5 Å². The van der Waals surface area contributed by atoms with E-state index in [2.05, 4.69) is 35.8 Å². The third-order valence-corrected chi connectivity index (χ3v) is 4.45. The van der Waals surface area contributed by atoms with Crippen LogP contribution in [0.5, 0.6) is 0 Å². The Kier molecular flexibility index (Phi) is 6.61. The third-order valence-electron chi connectivity index (χ3n) is 4.45. The molecule has 2 aromatic heterocycles. The normalized spacial score (nSPS) is 11.3. The quantitative estimate of drug-likeness (QED) is 0.280. The van der Waals surface area contributed by atoms with Gasteiger partial charge < -0.3 is 5.73 Å². The van der Waals surface area contributed by atoms with Crippen molar-refractivity contribution in [3.05, 3.63) is 51.3 Å². The highest BCUT2D eigenvalue weighted by Crippen LogP contribution is 2.18. The molecule has 0 spiro atoms. The number of nitrogens with zero attached hydrogens (tertiary/aromatic N) is 8. The SMILES string of the molecule is CCN(CC)Cc1c(C(=O)NN=Cc2ccccc2[N+](=O)[O-])nnn1-c1nonc1N. The molecule has 14 nitrogen and oxygen atoms in total. The van der Waals surface area contributed by atoms with Gasteiger partial charge >= 0.3 is 0 Å². The van der Waals surface area contributed by atoms with Gasteiger partial charge in [-0.25, -0.2) is 10.1 Å². The van der Waals surface area contributed by atoms with E-state index in [0.29, 0.717) is 25.3 Å². The number of nitro groups is 1. The van der Waals surface area contributed by atoms with E-state index in [1.807, 2.05) is 18.7 Å². The second kappa shape index (κ2) is 9.53. The molecular formula is C17H20N10O4. The Morgan fingerprint density at radius 2 is 2.10 bits per heavy atom. The number of nitrogens with two attached hydrogens (primary N) is 1. The molecule has 2 heterocycles. The van der Waals surface area contributed by atoms with Gasteiger partial charge in [-0.05, 0) is 29.5 Å². The molecule has 162 valence electrons. The minimum atomic E-state index is -0.654. The first-order valence-electron chi connectivity index (χ1n) is 9.28. The standard InChI is InChI=1S/C17H20N10O4/c1-3-25(4-2)10-13-14(20-24-26(13)16-15(18)22-31-23-16)17(28)21-19-9-11-7-5-6-8-12(11)27(29)30/h5-9H,3-4,10H2,1-2H3,(H2,18,22)(H,21,28). The first-order valence-corrected chi connectivity index (χ1v) is 9.28. The molecule has 0 atom stereocenters. The summed E-state index contributed by atoms with van der Waals surface area (Å²) in [7, 11) is 0. The van der Waals surface area contributed by atoms with E-state index in [1.54, 1.807) is 6.07 Å². The van der Waals surface area contributed by atoms with E-state index in [1.165, 1.54) is 29.1 Å².